The second-order valence-electron chi connectivity index (χ2n) is 8.23. The molecule has 32 heavy (non-hydrogen) atoms. The highest BCUT2D eigenvalue weighted by Crippen LogP contribution is 2.37. The van der Waals surface area contributed by atoms with Gasteiger partial charge in [-0.2, -0.15) is 11.8 Å². The van der Waals surface area contributed by atoms with E-state index >= 15 is 0 Å². The molecule has 5 nitrogen and oxygen atoms in total. The van der Waals surface area contributed by atoms with Crippen LogP contribution < -0.4 is 4.74 Å². The lowest BCUT2D eigenvalue weighted by atomic mass is 9.88. The molecule has 0 aliphatic carbocycles. The number of rotatable bonds is 5. The maximum Gasteiger partial charge on any atom is 0.263 e. The Bertz CT molecular complexity index is 993. The summed E-state index contributed by atoms with van der Waals surface area (Å²) in [4.78, 5) is 29.0. The van der Waals surface area contributed by atoms with Crippen molar-refractivity contribution in [2.24, 2.45) is 0 Å². The normalized spacial score (nSPS) is 19.3. The standard InChI is InChI=1S/C25H29FN2O3S/c1-3-23(25(30)27-11-13-32-14-12-27)31-21-8-7-18-9-10-28(17(2)29)24(22(18)16-21)19-5-4-6-20(26)15-19/h4-8,15-16,23-24H,3,9-14H2,1-2H3. The minimum Gasteiger partial charge on any atom is -0.481 e. The van der Waals surface area contributed by atoms with Crippen molar-refractivity contribution in [1.29, 1.82) is 0 Å². The second-order valence-corrected chi connectivity index (χ2v) is 9.46. The fourth-order valence-corrected chi connectivity index (χ4v) is 5.40. The van der Waals surface area contributed by atoms with Crippen LogP contribution in [0.4, 0.5) is 4.39 Å². The summed E-state index contributed by atoms with van der Waals surface area (Å²) in [6, 6.07) is 11.8. The Morgan fingerprint density at radius 3 is 2.62 bits per heavy atom. The Morgan fingerprint density at radius 1 is 1.16 bits per heavy atom. The number of ether oxygens (including phenoxy) is 1. The number of fused-ring (bicyclic) bond motifs is 1. The fourth-order valence-electron chi connectivity index (χ4n) is 4.50. The lowest BCUT2D eigenvalue weighted by molar-refractivity contribution is -0.138. The van der Waals surface area contributed by atoms with Gasteiger partial charge < -0.3 is 14.5 Å². The van der Waals surface area contributed by atoms with Crippen LogP contribution in [0.2, 0.25) is 0 Å². The molecule has 4 rings (SSSR count). The molecule has 1 saturated heterocycles. The summed E-state index contributed by atoms with van der Waals surface area (Å²) in [6.07, 6.45) is 0.756. The average molecular weight is 457 g/mol. The van der Waals surface area contributed by atoms with Crippen LogP contribution in [0.25, 0.3) is 0 Å². The van der Waals surface area contributed by atoms with Crippen molar-refractivity contribution in [3.05, 3.63) is 65.0 Å². The van der Waals surface area contributed by atoms with Crippen LogP contribution in [0.15, 0.2) is 42.5 Å². The second kappa shape index (κ2) is 9.94. The number of nitrogens with zero attached hydrogens (tertiary/aromatic N) is 2. The molecular weight excluding hydrogens is 427 g/mol. The first-order valence-electron chi connectivity index (χ1n) is 11.2. The Balaban J connectivity index is 1.64. The first-order chi connectivity index (χ1) is 15.5. The largest absolute Gasteiger partial charge is 0.481 e. The van der Waals surface area contributed by atoms with Crippen molar-refractivity contribution in [3.63, 3.8) is 0 Å². The average Bonchev–Trinajstić information content (AvgIpc) is 2.81. The quantitative estimate of drug-likeness (QED) is 0.681. The molecule has 0 radical (unpaired) electrons. The third-order valence-corrected chi connectivity index (χ3v) is 7.10. The molecule has 170 valence electrons. The predicted octanol–water partition coefficient (Wildman–Crippen LogP) is 4.05. The van der Waals surface area contributed by atoms with Crippen LogP contribution in [0.3, 0.4) is 0 Å². The molecule has 2 aliphatic rings. The number of carbonyl (C=O) groups is 2. The van der Waals surface area contributed by atoms with Crippen LogP contribution in [0.5, 0.6) is 5.75 Å². The van der Waals surface area contributed by atoms with E-state index < -0.39 is 6.10 Å². The van der Waals surface area contributed by atoms with Crippen molar-refractivity contribution in [3.8, 4) is 5.75 Å². The summed E-state index contributed by atoms with van der Waals surface area (Å²) >= 11 is 1.86. The zero-order chi connectivity index (χ0) is 22.7. The van der Waals surface area contributed by atoms with Gasteiger partial charge in [-0.05, 0) is 53.8 Å². The van der Waals surface area contributed by atoms with E-state index in [4.69, 9.17) is 4.74 Å². The summed E-state index contributed by atoms with van der Waals surface area (Å²) in [5.41, 5.74) is 2.76. The molecule has 7 heteroatoms. The lowest BCUT2D eigenvalue weighted by Crippen LogP contribution is -2.45. The van der Waals surface area contributed by atoms with E-state index in [9.17, 15) is 14.0 Å². The smallest absolute Gasteiger partial charge is 0.263 e. The van der Waals surface area contributed by atoms with E-state index in [-0.39, 0.29) is 23.7 Å². The molecule has 0 N–H and O–H groups in total. The van der Waals surface area contributed by atoms with E-state index in [0.29, 0.717) is 18.7 Å². The van der Waals surface area contributed by atoms with Crippen molar-refractivity contribution >= 4 is 23.6 Å². The van der Waals surface area contributed by atoms with Gasteiger partial charge in [0.25, 0.3) is 5.91 Å². The van der Waals surface area contributed by atoms with Crippen molar-refractivity contribution in [1.82, 2.24) is 9.80 Å². The Kier molecular flexibility index (Phi) is 7.04. The highest BCUT2D eigenvalue weighted by Gasteiger charge is 2.32. The van der Waals surface area contributed by atoms with E-state index in [1.54, 1.807) is 17.9 Å². The lowest BCUT2D eigenvalue weighted by Gasteiger charge is -2.37. The maximum absolute atomic E-state index is 14.0. The highest BCUT2D eigenvalue weighted by molar-refractivity contribution is 7.99. The molecule has 2 heterocycles. The van der Waals surface area contributed by atoms with Crippen LogP contribution in [-0.4, -0.2) is 58.9 Å². The SMILES string of the molecule is CCC(Oc1ccc2c(c1)C(c1cccc(F)c1)N(C(C)=O)CC2)C(=O)N1CCSCC1. The minimum atomic E-state index is -0.545. The van der Waals surface area contributed by atoms with E-state index in [0.717, 1.165) is 47.7 Å². The van der Waals surface area contributed by atoms with Crippen LogP contribution in [0.1, 0.15) is 43.0 Å². The summed E-state index contributed by atoms with van der Waals surface area (Å²) in [7, 11) is 0. The van der Waals surface area contributed by atoms with Crippen LogP contribution >= 0.6 is 11.8 Å². The number of thioether (sulfide) groups is 1. The molecule has 2 aliphatic heterocycles. The van der Waals surface area contributed by atoms with Gasteiger partial charge >= 0.3 is 0 Å². The van der Waals surface area contributed by atoms with Crippen LogP contribution in [0, 0.1) is 5.82 Å². The third-order valence-electron chi connectivity index (χ3n) is 6.16. The van der Waals surface area contributed by atoms with Gasteiger partial charge in [-0.3, -0.25) is 9.59 Å². The summed E-state index contributed by atoms with van der Waals surface area (Å²) in [5, 5.41) is 0. The van der Waals surface area contributed by atoms with Gasteiger partial charge in [0.2, 0.25) is 5.91 Å². The molecule has 1 fully saturated rings. The first kappa shape index (κ1) is 22.6. The van der Waals surface area contributed by atoms with E-state index in [1.807, 2.05) is 47.9 Å². The van der Waals surface area contributed by atoms with Crippen LogP contribution in [-0.2, 0) is 16.0 Å². The van der Waals surface area contributed by atoms with Gasteiger partial charge in [0, 0.05) is 38.1 Å². The maximum atomic E-state index is 14.0. The third kappa shape index (κ3) is 4.77. The van der Waals surface area contributed by atoms with Crippen molar-refractivity contribution in [2.75, 3.05) is 31.1 Å². The van der Waals surface area contributed by atoms with Gasteiger partial charge in [0.15, 0.2) is 6.10 Å². The van der Waals surface area contributed by atoms with E-state index in [1.165, 1.54) is 12.1 Å². The van der Waals surface area contributed by atoms with Gasteiger partial charge in [-0.15, -0.1) is 0 Å². The molecular formula is C25H29FN2O3S. The number of amides is 2. The first-order valence-corrected chi connectivity index (χ1v) is 12.3. The molecule has 0 saturated carbocycles. The number of hydrogen-bond acceptors (Lipinski definition) is 4. The summed E-state index contributed by atoms with van der Waals surface area (Å²) in [6.45, 7) is 5.57. The molecule has 0 aromatic heterocycles. The Morgan fingerprint density at radius 2 is 1.94 bits per heavy atom. The zero-order valence-electron chi connectivity index (χ0n) is 18.6. The van der Waals surface area contributed by atoms with Gasteiger partial charge in [0.05, 0.1) is 6.04 Å². The molecule has 2 amide bonds. The molecule has 2 unspecified atom stereocenters. The van der Waals surface area contributed by atoms with Gasteiger partial charge in [0.1, 0.15) is 11.6 Å². The predicted molar refractivity (Wildman–Crippen MR) is 124 cm³/mol. The minimum absolute atomic E-state index is 0.0255. The number of benzene rings is 2. The zero-order valence-corrected chi connectivity index (χ0v) is 19.4. The van der Waals surface area contributed by atoms with Crippen molar-refractivity contribution in [2.45, 2.75) is 38.8 Å². The van der Waals surface area contributed by atoms with Gasteiger partial charge in [-0.25, -0.2) is 4.39 Å². The molecule has 0 bridgehead atoms. The van der Waals surface area contributed by atoms with E-state index in [2.05, 4.69) is 0 Å². The molecule has 2 aromatic carbocycles. The summed E-state index contributed by atoms with van der Waals surface area (Å²) < 4.78 is 20.2. The fraction of sp³-hybridized carbons (Fsp3) is 0.440. The molecule has 2 atom stereocenters. The topological polar surface area (TPSA) is 49.9 Å². The highest BCUT2D eigenvalue weighted by atomic mass is 32.2. The Labute approximate surface area is 192 Å². The van der Waals surface area contributed by atoms with Gasteiger partial charge in [-0.1, -0.05) is 25.1 Å². The number of carbonyl (C=O) groups excluding carboxylic acids is 2. The Hall–Kier alpha value is -2.54. The summed E-state index contributed by atoms with van der Waals surface area (Å²) in [5.74, 6) is 2.15. The van der Waals surface area contributed by atoms with Crippen molar-refractivity contribution < 1.29 is 18.7 Å². The monoisotopic (exact) mass is 456 g/mol. The number of halogens is 1. The molecule has 0 spiro atoms. The number of hydrogen-bond donors (Lipinski definition) is 0. The molecule has 2 aromatic rings.